The molecule has 1 N–H and O–H groups in total. The predicted octanol–water partition coefficient (Wildman–Crippen LogP) is 5.63. The van der Waals surface area contributed by atoms with Gasteiger partial charge in [-0.05, 0) is 91.7 Å². The molecule has 3 aromatic carbocycles. The van der Waals surface area contributed by atoms with Gasteiger partial charge in [-0.2, -0.15) is 0 Å². The molecule has 0 bridgehead atoms. The quantitative estimate of drug-likeness (QED) is 0.462. The molecule has 4 rings (SSSR count). The molecule has 0 spiro atoms. The molecule has 0 aromatic heterocycles. The van der Waals surface area contributed by atoms with E-state index in [0.717, 1.165) is 66.2 Å². The highest BCUT2D eigenvalue weighted by Crippen LogP contribution is 2.31. The summed E-state index contributed by atoms with van der Waals surface area (Å²) in [6.07, 6.45) is 2.30. The molecule has 1 saturated heterocycles. The van der Waals surface area contributed by atoms with Crippen LogP contribution in [0.4, 0.5) is 0 Å². The van der Waals surface area contributed by atoms with Crippen molar-refractivity contribution < 1.29 is 14.3 Å². The zero-order chi connectivity index (χ0) is 24.8. The molecule has 5 nitrogen and oxygen atoms in total. The van der Waals surface area contributed by atoms with Crippen molar-refractivity contribution in [3.05, 3.63) is 94.0 Å². The number of hydrogen-bond acceptors (Lipinski definition) is 4. The second-order valence-corrected chi connectivity index (χ2v) is 9.41. The lowest BCUT2D eigenvalue weighted by Gasteiger charge is -2.32. The summed E-state index contributed by atoms with van der Waals surface area (Å²) in [5.41, 5.74) is 6.68. The Hall–Kier alpha value is -3.31. The van der Waals surface area contributed by atoms with Crippen LogP contribution in [-0.2, 0) is 13.1 Å². The number of methoxy groups -OCH3 is 2. The first-order valence-corrected chi connectivity index (χ1v) is 12.3. The Morgan fingerprint density at radius 1 is 0.914 bits per heavy atom. The third kappa shape index (κ3) is 6.04. The van der Waals surface area contributed by atoms with Gasteiger partial charge in [0.15, 0.2) is 11.5 Å². The van der Waals surface area contributed by atoms with Crippen LogP contribution in [0, 0.1) is 13.8 Å². The first kappa shape index (κ1) is 24.8. The standard InChI is InChI=1S/C30H36N2O3/c1-21-6-5-7-27(22(21)2)30(33)31-19-23-8-11-25(12-9-23)26-14-16-32(17-15-26)20-24-10-13-28(34-3)29(18-24)35-4/h5-13,18,26H,14-17,19-20H2,1-4H3,(H,31,33). The number of carbonyl (C=O) groups is 1. The van der Waals surface area contributed by atoms with Gasteiger partial charge < -0.3 is 14.8 Å². The van der Waals surface area contributed by atoms with Crippen molar-refractivity contribution in [1.29, 1.82) is 0 Å². The molecular formula is C30H36N2O3. The third-order valence-corrected chi connectivity index (χ3v) is 7.20. The average molecular weight is 473 g/mol. The Morgan fingerprint density at radius 2 is 1.60 bits per heavy atom. The number of carbonyl (C=O) groups excluding carboxylic acids is 1. The van der Waals surface area contributed by atoms with Gasteiger partial charge in [0.05, 0.1) is 14.2 Å². The Morgan fingerprint density at radius 3 is 2.29 bits per heavy atom. The molecule has 0 aliphatic carbocycles. The number of piperidine rings is 1. The smallest absolute Gasteiger partial charge is 0.251 e. The van der Waals surface area contributed by atoms with Crippen LogP contribution in [0.5, 0.6) is 11.5 Å². The van der Waals surface area contributed by atoms with Crippen LogP contribution in [0.15, 0.2) is 60.7 Å². The second-order valence-electron chi connectivity index (χ2n) is 9.41. The molecule has 0 unspecified atom stereocenters. The molecule has 1 aliphatic rings. The van der Waals surface area contributed by atoms with Crippen LogP contribution in [0.2, 0.25) is 0 Å². The molecule has 1 fully saturated rings. The summed E-state index contributed by atoms with van der Waals surface area (Å²) in [6.45, 7) is 7.64. The van der Waals surface area contributed by atoms with E-state index in [9.17, 15) is 4.79 Å². The highest BCUT2D eigenvalue weighted by molar-refractivity contribution is 5.95. The summed E-state index contributed by atoms with van der Waals surface area (Å²) in [7, 11) is 3.34. The zero-order valence-corrected chi connectivity index (χ0v) is 21.3. The fourth-order valence-corrected chi connectivity index (χ4v) is 4.84. The Labute approximate surface area is 209 Å². The number of nitrogens with one attached hydrogen (secondary N) is 1. The number of benzene rings is 3. The number of ether oxygens (including phenoxy) is 2. The molecule has 1 heterocycles. The summed E-state index contributed by atoms with van der Waals surface area (Å²) in [5, 5.41) is 3.06. The van der Waals surface area contributed by atoms with E-state index in [1.807, 2.05) is 38.1 Å². The van der Waals surface area contributed by atoms with Gasteiger partial charge in [0.1, 0.15) is 0 Å². The topological polar surface area (TPSA) is 50.8 Å². The van der Waals surface area contributed by atoms with Gasteiger partial charge in [-0.15, -0.1) is 0 Å². The van der Waals surface area contributed by atoms with Crippen molar-refractivity contribution in [3.63, 3.8) is 0 Å². The van der Waals surface area contributed by atoms with Gasteiger partial charge in [0.2, 0.25) is 0 Å². The lowest BCUT2D eigenvalue weighted by Crippen LogP contribution is -2.32. The Kier molecular flexibility index (Phi) is 8.09. The van der Waals surface area contributed by atoms with Gasteiger partial charge in [0.25, 0.3) is 5.91 Å². The van der Waals surface area contributed by atoms with Gasteiger partial charge in [0, 0.05) is 18.7 Å². The average Bonchev–Trinajstić information content (AvgIpc) is 2.89. The number of nitrogens with zero attached hydrogens (tertiary/aromatic N) is 1. The summed E-state index contributed by atoms with van der Waals surface area (Å²) in [4.78, 5) is 15.1. The third-order valence-electron chi connectivity index (χ3n) is 7.20. The van der Waals surface area contributed by atoms with E-state index < -0.39 is 0 Å². The fraction of sp³-hybridized carbons (Fsp3) is 0.367. The molecule has 0 radical (unpaired) electrons. The van der Waals surface area contributed by atoms with Crippen molar-refractivity contribution in [1.82, 2.24) is 10.2 Å². The molecular weight excluding hydrogens is 436 g/mol. The number of amides is 1. The summed E-state index contributed by atoms with van der Waals surface area (Å²) in [5.74, 6) is 2.11. The number of aryl methyl sites for hydroxylation is 1. The summed E-state index contributed by atoms with van der Waals surface area (Å²) >= 11 is 0. The lowest BCUT2D eigenvalue weighted by atomic mass is 9.89. The van der Waals surface area contributed by atoms with Crippen molar-refractivity contribution in [3.8, 4) is 11.5 Å². The molecule has 3 aromatic rings. The minimum Gasteiger partial charge on any atom is -0.493 e. The highest BCUT2D eigenvalue weighted by Gasteiger charge is 2.21. The molecule has 1 amide bonds. The SMILES string of the molecule is COc1ccc(CN2CCC(c3ccc(CNC(=O)c4cccc(C)c4C)cc3)CC2)cc1OC. The van der Waals surface area contributed by atoms with Crippen molar-refractivity contribution in [2.24, 2.45) is 0 Å². The second kappa shape index (κ2) is 11.4. The molecule has 0 saturated carbocycles. The van der Waals surface area contributed by atoms with Crippen LogP contribution in [0.1, 0.15) is 56.9 Å². The van der Waals surface area contributed by atoms with E-state index in [1.54, 1.807) is 14.2 Å². The molecule has 1 aliphatic heterocycles. The van der Waals surface area contributed by atoms with Crippen molar-refractivity contribution in [2.45, 2.75) is 45.7 Å². The Bertz CT molecular complexity index is 1150. The van der Waals surface area contributed by atoms with Crippen LogP contribution in [0.3, 0.4) is 0 Å². The van der Waals surface area contributed by atoms with Crippen LogP contribution in [-0.4, -0.2) is 38.1 Å². The van der Waals surface area contributed by atoms with Gasteiger partial charge in [-0.25, -0.2) is 0 Å². The maximum atomic E-state index is 12.6. The van der Waals surface area contributed by atoms with Gasteiger partial charge >= 0.3 is 0 Å². The van der Waals surface area contributed by atoms with Gasteiger partial charge in [-0.3, -0.25) is 9.69 Å². The first-order chi connectivity index (χ1) is 17.0. The monoisotopic (exact) mass is 472 g/mol. The minimum atomic E-state index is -0.0165. The lowest BCUT2D eigenvalue weighted by molar-refractivity contribution is 0.0950. The normalized spacial score (nSPS) is 14.5. The van der Waals surface area contributed by atoms with E-state index >= 15 is 0 Å². The van der Waals surface area contributed by atoms with Crippen LogP contribution >= 0.6 is 0 Å². The highest BCUT2D eigenvalue weighted by atomic mass is 16.5. The molecule has 35 heavy (non-hydrogen) atoms. The first-order valence-electron chi connectivity index (χ1n) is 12.3. The molecule has 184 valence electrons. The van der Waals surface area contributed by atoms with Crippen LogP contribution < -0.4 is 14.8 Å². The van der Waals surface area contributed by atoms with Crippen molar-refractivity contribution in [2.75, 3.05) is 27.3 Å². The largest absolute Gasteiger partial charge is 0.493 e. The predicted molar refractivity (Wildman–Crippen MR) is 140 cm³/mol. The summed E-state index contributed by atoms with van der Waals surface area (Å²) < 4.78 is 10.8. The Balaban J connectivity index is 1.27. The van der Waals surface area contributed by atoms with E-state index in [-0.39, 0.29) is 5.91 Å². The van der Waals surface area contributed by atoms with E-state index in [2.05, 4.69) is 46.6 Å². The molecule has 0 atom stereocenters. The zero-order valence-electron chi connectivity index (χ0n) is 21.3. The maximum Gasteiger partial charge on any atom is 0.251 e. The fourth-order valence-electron chi connectivity index (χ4n) is 4.84. The van der Waals surface area contributed by atoms with Crippen molar-refractivity contribution >= 4 is 5.91 Å². The van der Waals surface area contributed by atoms with E-state index in [0.29, 0.717) is 12.5 Å². The maximum absolute atomic E-state index is 12.6. The number of likely N-dealkylation sites (tertiary alicyclic amines) is 1. The minimum absolute atomic E-state index is 0.0165. The van der Waals surface area contributed by atoms with E-state index in [1.165, 1.54) is 11.1 Å². The van der Waals surface area contributed by atoms with Crippen LogP contribution in [0.25, 0.3) is 0 Å². The number of rotatable bonds is 8. The summed E-state index contributed by atoms with van der Waals surface area (Å²) in [6, 6.07) is 20.8. The van der Waals surface area contributed by atoms with E-state index in [4.69, 9.17) is 9.47 Å². The number of hydrogen-bond donors (Lipinski definition) is 1. The molecule has 5 heteroatoms. The van der Waals surface area contributed by atoms with Gasteiger partial charge in [-0.1, -0.05) is 42.5 Å².